The van der Waals surface area contributed by atoms with E-state index in [0.717, 1.165) is 0 Å². The zero-order valence-electron chi connectivity index (χ0n) is 8.81. The van der Waals surface area contributed by atoms with Crippen LogP contribution < -0.4 is 16.3 Å². The maximum atomic E-state index is 11.7. The van der Waals surface area contributed by atoms with Crippen molar-refractivity contribution in [3.8, 4) is 0 Å². The van der Waals surface area contributed by atoms with Gasteiger partial charge in [-0.3, -0.25) is 14.2 Å². The van der Waals surface area contributed by atoms with E-state index in [1.54, 1.807) is 18.2 Å². The number of benzene rings is 1. The maximum absolute atomic E-state index is 11.7. The van der Waals surface area contributed by atoms with Crippen molar-refractivity contribution in [2.45, 2.75) is 12.6 Å². The second kappa shape index (κ2) is 4.60. The Morgan fingerprint density at radius 3 is 2.94 bits per heavy atom. The first-order chi connectivity index (χ1) is 8.13. The molecule has 0 aliphatic rings. The molecule has 2 rings (SSSR count). The molecule has 1 aromatic carbocycles. The molecule has 0 aliphatic carbocycles. The van der Waals surface area contributed by atoms with Crippen LogP contribution in [0.1, 0.15) is 0 Å². The molecule has 0 fully saturated rings. The van der Waals surface area contributed by atoms with Crippen LogP contribution in [0.4, 0.5) is 0 Å². The van der Waals surface area contributed by atoms with Gasteiger partial charge in [-0.1, -0.05) is 12.1 Å². The number of halogens is 1. The first kappa shape index (κ1) is 11.7. The number of aromatic nitrogens is 2. The summed E-state index contributed by atoms with van der Waals surface area (Å²) >= 11 is 5.17. The molecule has 7 heteroatoms. The van der Waals surface area contributed by atoms with Gasteiger partial charge in [0.2, 0.25) is 0 Å². The van der Waals surface area contributed by atoms with Crippen LogP contribution >= 0.6 is 11.8 Å². The highest BCUT2D eigenvalue weighted by molar-refractivity contribution is 6.22. The fourth-order valence-corrected chi connectivity index (χ4v) is 1.78. The third-order valence-electron chi connectivity index (χ3n) is 2.49. The van der Waals surface area contributed by atoms with Crippen molar-refractivity contribution in [1.82, 2.24) is 14.4 Å². The van der Waals surface area contributed by atoms with Crippen LogP contribution in [-0.2, 0) is 11.3 Å². The SMILES string of the molecule is N[C@@H](Cn1c(=O)[nH]c2ccccc21)C(=O)NCl. The summed E-state index contributed by atoms with van der Waals surface area (Å²) in [7, 11) is 0. The zero-order chi connectivity index (χ0) is 12.4. The van der Waals surface area contributed by atoms with Crippen molar-refractivity contribution < 1.29 is 4.79 Å². The van der Waals surface area contributed by atoms with Gasteiger partial charge in [0.15, 0.2) is 0 Å². The number of carbonyl (C=O) groups is 1. The lowest BCUT2D eigenvalue weighted by Crippen LogP contribution is -2.41. The van der Waals surface area contributed by atoms with E-state index in [0.29, 0.717) is 11.0 Å². The van der Waals surface area contributed by atoms with Gasteiger partial charge < -0.3 is 10.7 Å². The molecule has 17 heavy (non-hydrogen) atoms. The molecule has 0 aliphatic heterocycles. The number of rotatable bonds is 3. The van der Waals surface area contributed by atoms with Gasteiger partial charge in [-0.15, -0.1) is 0 Å². The molecular weight excluding hydrogens is 244 g/mol. The Balaban J connectivity index is 2.39. The average molecular weight is 255 g/mol. The van der Waals surface area contributed by atoms with Gasteiger partial charge in [0, 0.05) is 11.8 Å². The lowest BCUT2D eigenvalue weighted by Gasteiger charge is -2.09. The minimum absolute atomic E-state index is 0.0708. The van der Waals surface area contributed by atoms with Gasteiger partial charge in [-0.25, -0.2) is 4.79 Å². The highest BCUT2D eigenvalue weighted by Gasteiger charge is 2.16. The lowest BCUT2D eigenvalue weighted by molar-refractivity contribution is -0.120. The maximum Gasteiger partial charge on any atom is 0.326 e. The smallest absolute Gasteiger partial charge is 0.318 e. The lowest BCUT2D eigenvalue weighted by atomic mass is 10.2. The molecule has 1 atom stereocenters. The van der Waals surface area contributed by atoms with E-state index in [2.05, 4.69) is 4.98 Å². The molecule has 90 valence electrons. The van der Waals surface area contributed by atoms with Crippen molar-refractivity contribution in [2.24, 2.45) is 5.73 Å². The summed E-state index contributed by atoms with van der Waals surface area (Å²) in [5, 5.41) is 0. The monoisotopic (exact) mass is 254 g/mol. The van der Waals surface area contributed by atoms with E-state index >= 15 is 0 Å². The first-order valence-electron chi connectivity index (χ1n) is 4.97. The number of nitrogens with one attached hydrogen (secondary N) is 2. The number of fused-ring (bicyclic) bond motifs is 1. The number of hydrogen-bond acceptors (Lipinski definition) is 3. The van der Waals surface area contributed by atoms with Crippen LogP contribution in [0.5, 0.6) is 0 Å². The summed E-state index contributed by atoms with van der Waals surface area (Å²) in [5.41, 5.74) is 6.72. The molecule has 4 N–H and O–H groups in total. The number of nitrogens with zero attached hydrogens (tertiary/aromatic N) is 1. The summed E-state index contributed by atoms with van der Waals surface area (Å²) in [4.78, 5) is 27.5. The molecular formula is C10H11ClN4O2. The van der Waals surface area contributed by atoms with Gasteiger partial charge >= 0.3 is 5.69 Å². The van der Waals surface area contributed by atoms with Gasteiger partial charge in [0.1, 0.15) is 6.04 Å². The quantitative estimate of drug-likeness (QED) is 0.669. The van der Waals surface area contributed by atoms with E-state index in [-0.39, 0.29) is 12.2 Å². The third-order valence-corrected chi connectivity index (χ3v) is 2.68. The number of aromatic amines is 1. The fourth-order valence-electron chi connectivity index (χ4n) is 1.64. The van der Waals surface area contributed by atoms with E-state index in [1.165, 1.54) is 4.57 Å². The minimum atomic E-state index is -0.871. The number of amides is 1. The largest absolute Gasteiger partial charge is 0.326 e. The van der Waals surface area contributed by atoms with Gasteiger partial charge in [-0.05, 0) is 12.1 Å². The van der Waals surface area contributed by atoms with Crippen molar-refractivity contribution in [3.05, 3.63) is 34.7 Å². The Bertz CT molecular complexity index is 604. The van der Waals surface area contributed by atoms with E-state index in [9.17, 15) is 9.59 Å². The summed E-state index contributed by atoms with van der Waals surface area (Å²) in [6.07, 6.45) is 0. The van der Waals surface area contributed by atoms with Crippen LogP contribution in [0.3, 0.4) is 0 Å². The zero-order valence-corrected chi connectivity index (χ0v) is 9.57. The second-order valence-corrected chi connectivity index (χ2v) is 3.81. The number of nitrogens with two attached hydrogens (primary N) is 1. The highest BCUT2D eigenvalue weighted by Crippen LogP contribution is 2.08. The molecule has 2 aromatic rings. The molecule has 0 saturated heterocycles. The summed E-state index contributed by atoms with van der Waals surface area (Å²) in [6, 6.07) is 6.30. The van der Waals surface area contributed by atoms with Crippen LogP contribution in [0, 0.1) is 0 Å². The molecule has 1 heterocycles. The van der Waals surface area contributed by atoms with E-state index in [4.69, 9.17) is 17.5 Å². The number of H-pyrrole nitrogens is 1. The first-order valence-corrected chi connectivity index (χ1v) is 5.35. The fraction of sp³-hybridized carbons (Fsp3) is 0.200. The number of hydrogen-bond donors (Lipinski definition) is 3. The van der Waals surface area contributed by atoms with Gasteiger partial charge in [0.25, 0.3) is 5.91 Å². The number of carbonyl (C=O) groups excluding carboxylic acids is 1. The van der Waals surface area contributed by atoms with Gasteiger partial charge in [0.05, 0.1) is 17.6 Å². The molecule has 1 amide bonds. The molecule has 0 saturated carbocycles. The molecule has 0 unspecified atom stereocenters. The Morgan fingerprint density at radius 2 is 2.24 bits per heavy atom. The highest BCUT2D eigenvalue weighted by atomic mass is 35.5. The molecule has 0 radical (unpaired) electrons. The van der Waals surface area contributed by atoms with Crippen molar-refractivity contribution in [1.29, 1.82) is 0 Å². The molecule has 6 nitrogen and oxygen atoms in total. The van der Waals surface area contributed by atoms with Crippen LogP contribution in [-0.4, -0.2) is 21.5 Å². The predicted molar refractivity (Wildman–Crippen MR) is 64.5 cm³/mol. The van der Waals surface area contributed by atoms with Crippen molar-refractivity contribution >= 4 is 28.7 Å². The van der Waals surface area contributed by atoms with E-state index in [1.807, 2.05) is 10.9 Å². The van der Waals surface area contributed by atoms with Crippen LogP contribution in [0.25, 0.3) is 11.0 Å². The molecule has 1 aromatic heterocycles. The topological polar surface area (TPSA) is 92.9 Å². The Morgan fingerprint density at radius 1 is 1.53 bits per heavy atom. The predicted octanol–water partition coefficient (Wildman–Crippen LogP) is -0.0731. The summed E-state index contributed by atoms with van der Waals surface area (Å²) < 4.78 is 1.41. The van der Waals surface area contributed by atoms with E-state index < -0.39 is 11.9 Å². The minimum Gasteiger partial charge on any atom is -0.318 e. The molecule has 0 spiro atoms. The average Bonchev–Trinajstić information content (AvgIpc) is 2.65. The Labute approximate surface area is 101 Å². The normalized spacial score (nSPS) is 12.6. The number of para-hydroxylation sites is 2. The van der Waals surface area contributed by atoms with Crippen LogP contribution in [0.2, 0.25) is 0 Å². The van der Waals surface area contributed by atoms with Crippen molar-refractivity contribution in [2.75, 3.05) is 0 Å². The van der Waals surface area contributed by atoms with Crippen molar-refractivity contribution in [3.63, 3.8) is 0 Å². The molecule has 0 bridgehead atoms. The third kappa shape index (κ3) is 2.17. The number of imidazole rings is 1. The second-order valence-electron chi connectivity index (χ2n) is 3.62. The summed E-state index contributed by atoms with van der Waals surface area (Å²) in [5.74, 6) is -0.524. The summed E-state index contributed by atoms with van der Waals surface area (Å²) in [6.45, 7) is 0.0708. The Hall–Kier alpha value is -1.79. The Kier molecular flexibility index (Phi) is 3.16. The van der Waals surface area contributed by atoms with Crippen LogP contribution in [0.15, 0.2) is 29.1 Å². The van der Waals surface area contributed by atoms with Gasteiger partial charge in [-0.2, -0.15) is 0 Å². The standard InChI is InChI=1S/C10H11ClN4O2/c11-14-9(16)6(12)5-15-8-4-2-1-3-7(8)13-10(15)17/h1-4,6H,5,12H2,(H,13,17)(H,14,16)/t6-/m0/s1.